The fraction of sp³-hybridized carbons (Fsp3) is 0.696. The van der Waals surface area contributed by atoms with Crippen LogP contribution in [-0.4, -0.2) is 88.4 Å². The zero-order chi connectivity index (χ0) is 20.1. The summed E-state index contributed by atoms with van der Waals surface area (Å²) in [5.74, 6) is 1.07. The molecule has 0 aromatic heterocycles. The Balaban J connectivity index is 1.15. The first-order valence-electron chi connectivity index (χ1n) is 11.2. The first-order chi connectivity index (χ1) is 14.2. The Labute approximate surface area is 175 Å². The summed E-state index contributed by atoms with van der Waals surface area (Å²) in [5.41, 5.74) is 3.09. The van der Waals surface area contributed by atoms with Crippen LogP contribution >= 0.6 is 0 Å². The molecule has 0 amide bonds. The highest BCUT2D eigenvalue weighted by Gasteiger charge is 2.42. The van der Waals surface area contributed by atoms with Gasteiger partial charge in [0, 0.05) is 70.6 Å². The predicted molar refractivity (Wildman–Crippen MR) is 120 cm³/mol. The van der Waals surface area contributed by atoms with E-state index in [0.29, 0.717) is 5.41 Å². The zero-order valence-electron chi connectivity index (χ0n) is 18.2. The molecule has 1 aromatic rings. The lowest BCUT2D eigenvalue weighted by atomic mass is 9.87. The molecule has 6 heteroatoms. The van der Waals surface area contributed by atoms with Crippen LogP contribution in [0.2, 0.25) is 0 Å². The van der Waals surface area contributed by atoms with Crippen LogP contribution in [0.25, 0.3) is 0 Å². The quantitative estimate of drug-likeness (QED) is 0.467. The van der Waals surface area contributed by atoms with Crippen LogP contribution in [0.5, 0.6) is 0 Å². The SMILES string of the molecule is CN=C(NCCCN1CCN(c2cccc(C)c2)CC1)N1CCC2(CCOC2)C1. The topological polar surface area (TPSA) is 43.3 Å². The second-order valence-corrected chi connectivity index (χ2v) is 8.97. The minimum Gasteiger partial charge on any atom is -0.381 e. The number of nitrogens with zero attached hydrogens (tertiary/aromatic N) is 4. The second kappa shape index (κ2) is 9.35. The van der Waals surface area contributed by atoms with Gasteiger partial charge in [-0.15, -0.1) is 0 Å². The van der Waals surface area contributed by atoms with Crippen molar-refractivity contribution in [2.75, 3.05) is 77.5 Å². The molecule has 3 heterocycles. The van der Waals surface area contributed by atoms with Crippen molar-refractivity contribution in [3.63, 3.8) is 0 Å². The fourth-order valence-corrected chi connectivity index (χ4v) is 4.98. The molecule has 1 atom stereocenters. The molecule has 1 aromatic carbocycles. The molecule has 1 unspecified atom stereocenters. The number of aliphatic imine (C=N–C) groups is 1. The Morgan fingerprint density at radius 1 is 1.17 bits per heavy atom. The lowest BCUT2D eigenvalue weighted by Crippen LogP contribution is -2.47. The van der Waals surface area contributed by atoms with E-state index in [0.717, 1.165) is 78.0 Å². The third-order valence-corrected chi connectivity index (χ3v) is 6.81. The number of ether oxygens (including phenoxy) is 1. The van der Waals surface area contributed by atoms with Gasteiger partial charge in [-0.1, -0.05) is 12.1 Å². The van der Waals surface area contributed by atoms with E-state index < -0.39 is 0 Å². The minimum absolute atomic E-state index is 0.384. The molecule has 0 aliphatic carbocycles. The van der Waals surface area contributed by atoms with Crippen LogP contribution < -0.4 is 10.2 Å². The van der Waals surface area contributed by atoms with E-state index >= 15 is 0 Å². The Hall–Kier alpha value is -1.79. The number of aryl methyl sites for hydroxylation is 1. The summed E-state index contributed by atoms with van der Waals surface area (Å²) >= 11 is 0. The Bertz CT molecular complexity index is 692. The molecule has 0 radical (unpaired) electrons. The monoisotopic (exact) mass is 399 g/mol. The van der Waals surface area contributed by atoms with Gasteiger partial charge in [-0.25, -0.2) is 0 Å². The fourth-order valence-electron chi connectivity index (χ4n) is 4.98. The summed E-state index contributed by atoms with van der Waals surface area (Å²) in [4.78, 5) is 12.1. The standard InChI is InChI=1S/C23H37N5O/c1-20-5-3-6-21(17-20)27-14-12-26(13-15-27)10-4-9-25-22(24-2)28-11-7-23(18-28)8-16-29-19-23/h3,5-6,17H,4,7-16,18-19H2,1-2H3,(H,24,25). The highest BCUT2D eigenvalue weighted by atomic mass is 16.5. The summed E-state index contributed by atoms with van der Waals surface area (Å²) in [6.45, 7) is 12.9. The molecule has 4 rings (SSSR count). The van der Waals surface area contributed by atoms with E-state index in [1.807, 2.05) is 7.05 Å². The first-order valence-corrected chi connectivity index (χ1v) is 11.2. The van der Waals surface area contributed by atoms with Gasteiger partial charge in [0.1, 0.15) is 0 Å². The van der Waals surface area contributed by atoms with Crippen LogP contribution in [0.3, 0.4) is 0 Å². The van der Waals surface area contributed by atoms with Gasteiger partial charge in [0.2, 0.25) is 0 Å². The highest BCUT2D eigenvalue weighted by molar-refractivity contribution is 5.80. The zero-order valence-corrected chi connectivity index (χ0v) is 18.2. The Morgan fingerprint density at radius 3 is 2.76 bits per heavy atom. The molecule has 160 valence electrons. The maximum Gasteiger partial charge on any atom is 0.193 e. The van der Waals surface area contributed by atoms with Gasteiger partial charge in [-0.3, -0.25) is 9.89 Å². The average molecular weight is 400 g/mol. The van der Waals surface area contributed by atoms with E-state index in [1.165, 1.54) is 24.1 Å². The molecule has 3 aliphatic rings. The molecular formula is C23H37N5O. The van der Waals surface area contributed by atoms with Gasteiger partial charge in [0.15, 0.2) is 5.96 Å². The van der Waals surface area contributed by atoms with Gasteiger partial charge in [-0.2, -0.15) is 0 Å². The van der Waals surface area contributed by atoms with Crippen molar-refractivity contribution in [3.05, 3.63) is 29.8 Å². The summed E-state index contributed by atoms with van der Waals surface area (Å²) in [7, 11) is 1.91. The number of guanidine groups is 1. The molecule has 0 bridgehead atoms. The summed E-state index contributed by atoms with van der Waals surface area (Å²) < 4.78 is 5.66. The van der Waals surface area contributed by atoms with Gasteiger partial charge >= 0.3 is 0 Å². The lowest BCUT2D eigenvalue weighted by molar-refractivity contribution is 0.156. The van der Waals surface area contributed by atoms with Gasteiger partial charge in [-0.05, 0) is 50.4 Å². The van der Waals surface area contributed by atoms with Crippen LogP contribution in [0.15, 0.2) is 29.3 Å². The van der Waals surface area contributed by atoms with Crippen molar-refractivity contribution in [3.8, 4) is 0 Å². The van der Waals surface area contributed by atoms with Crippen LogP contribution in [0.1, 0.15) is 24.8 Å². The van der Waals surface area contributed by atoms with E-state index in [-0.39, 0.29) is 0 Å². The maximum absolute atomic E-state index is 5.66. The van der Waals surface area contributed by atoms with E-state index in [1.54, 1.807) is 0 Å². The Morgan fingerprint density at radius 2 is 2.03 bits per heavy atom. The molecule has 6 nitrogen and oxygen atoms in total. The first kappa shape index (κ1) is 20.5. The van der Waals surface area contributed by atoms with Crippen molar-refractivity contribution >= 4 is 11.6 Å². The molecular weight excluding hydrogens is 362 g/mol. The number of benzene rings is 1. The van der Waals surface area contributed by atoms with Gasteiger partial charge in [0.25, 0.3) is 0 Å². The minimum atomic E-state index is 0.384. The van der Waals surface area contributed by atoms with E-state index in [2.05, 4.69) is 56.2 Å². The van der Waals surface area contributed by atoms with Crippen LogP contribution in [0, 0.1) is 12.3 Å². The smallest absolute Gasteiger partial charge is 0.193 e. The van der Waals surface area contributed by atoms with Gasteiger partial charge in [0.05, 0.1) is 6.61 Å². The summed E-state index contributed by atoms with van der Waals surface area (Å²) in [6.07, 6.45) is 3.60. The number of nitrogens with one attached hydrogen (secondary N) is 1. The molecule has 3 aliphatic heterocycles. The van der Waals surface area contributed by atoms with Crippen molar-refractivity contribution in [2.45, 2.75) is 26.2 Å². The molecule has 1 spiro atoms. The highest BCUT2D eigenvalue weighted by Crippen LogP contribution is 2.38. The van der Waals surface area contributed by atoms with E-state index in [9.17, 15) is 0 Å². The Kier molecular flexibility index (Phi) is 6.60. The van der Waals surface area contributed by atoms with Crippen molar-refractivity contribution in [1.82, 2.24) is 15.1 Å². The third kappa shape index (κ3) is 5.04. The van der Waals surface area contributed by atoms with Crippen LogP contribution in [0.4, 0.5) is 5.69 Å². The predicted octanol–water partition coefficient (Wildman–Crippen LogP) is 2.19. The van der Waals surface area contributed by atoms with Gasteiger partial charge < -0.3 is 19.9 Å². The van der Waals surface area contributed by atoms with Crippen LogP contribution in [-0.2, 0) is 4.74 Å². The number of anilines is 1. The van der Waals surface area contributed by atoms with Crippen molar-refractivity contribution in [1.29, 1.82) is 0 Å². The summed E-state index contributed by atoms with van der Waals surface area (Å²) in [6, 6.07) is 8.87. The van der Waals surface area contributed by atoms with Crippen molar-refractivity contribution in [2.24, 2.45) is 10.4 Å². The number of likely N-dealkylation sites (tertiary alicyclic amines) is 1. The number of hydrogen-bond donors (Lipinski definition) is 1. The number of hydrogen-bond acceptors (Lipinski definition) is 4. The molecule has 3 fully saturated rings. The normalized spacial score (nSPS) is 25.9. The largest absolute Gasteiger partial charge is 0.381 e. The molecule has 0 saturated carbocycles. The molecule has 3 saturated heterocycles. The summed E-state index contributed by atoms with van der Waals surface area (Å²) in [5, 5.41) is 3.60. The van der Waals surface area contributed by atoms with Crippen molar-refractivity contribution < 1.29 is 4.74 Å². The molecule has 1 N–H and O–H groups in total. The van der Waals surface area contributed by atoms with E-state index in [4.69, 9.17) is 4.74 Å². The maximum atomic E-state index is 5.66. The molecule has 29 heavy (non-hydrogen) atoms. The average Bonchev–Trinajstić information content (AvgIpc) is 3.38. The number of rotatable bonds is 5. The second-order valence-electron chi connectivity index (χ2n) is 8.97. The lowest BCUT2D eigenvalue weighted by Gasteiger charge is -2.36. The third-order valence-electron chi connectivity index (χ3n) is 6.81. The number of piperazine rings is 1.